The highest BCUT2D eigenvalue weighted by molar-refractivity contribution is 5.99. The van der Waals surface area contributed by atoms with Crippen molar-refractivity contribution in [3.8, 4) is 0 Å². The minimum atomic E-state index is -1.24. The topological polar surface area (TPSA) is 54.4 Å². The molecular formula is C11H11FO3. The van der Waals surface area contributed by atoms with Crippen LogP contribution in [0.25, 0.3) is 0 Å². The van der Waals surface area contributed by atoms with Gasteiger partial charge in [0, 0.05) is 11.5 Å². The van der Waals surface area contributed by atoms with Crippen molar-refractivity contribution in [2.24, 2.45) is 5.92 Å². The van der Waals surface area contributed by atoms with Gasteiger partial charge in [-0.25, -0.2) is 9.18 Å². The van der Waals surface area contributed by atoms with Gasteiger partial charge >= 0.3 is 5.97 Å². The Hall–Kier alpha value is -1.71. The lowest BCUT2D eigenvalue weighted by atomic mass is 9.99. The number of hydrogen-bond donors (Lipinski definition) is 1. The second-order valence-electron chi connectivity index (χ2n) is 3.55. The van der Waals surface area contributed by atoms with E-state index in [2.05, 4.69) is 0 Å². The SMILES string of the molecule is CC(C)C(=O)c1cc(F)cc(C(=O)O)c1. The number of carbonyl (C=O) groups excluding carboxylic acids is 1. The Morgan fingerprint density at radius 1 is 1.20 bits per heavy atom. The predicted octanol–water partition coefficient (Wildman–Crippen LogP) is 2.36. The first-order valence-corrected chi connectivity index (χ1v) is 4.50. The number of halogens is 1. The molecule has 0 atom stereocenters. The van der Waals surface area contributed by atoms with E-state index in [9.17, 15) is 14.0 Å². The van der Waals surface area contributed by atoms with Crippen LogP contribution in [0, 0.1) is 11.7 Å². The van der Waals surface area contributed by atoms with Crippen LogP contribution in [-0.4, -0.2) is 16.9 Å². The minimum Gasteiger partial charge on any atom is -0.478 e. The highest BCUT2D eigenvalue weighted by Gasteiger charge is 2.14. The van der Waals surface area contributed by atoms with Gasteiger partial charge in [-0.05, 0) is 18.2 Å². The lowest BCUT2D eigenvalue weighted by Gasteiger charge is -2.05. The fraction of sp³-hybridized carbons (Fsp3) is 0.273. The monoisotopic (exact) mass is 210 g/mol. The summed E-state index contributed by atoms with van der Waals surface area (Å²) >= 11 is 0. The first-order chi connectivity index (χ1) is 6.91. The van der Waals surface area contributed by atoms with Crippen LogP contribution in [0.1, 0.15) is 34.6 Å². The molecule has 0 unspecified atom stereocenters. The van der Waals surface area contributed by atoms with Crippen LogP contribution < -0.4 is 0 Å². The average molecular weight is 210 g/mol. The van der Waals surface area contributed by atoms with Gasteiger partial charge in [0.05, 0.1) is 5.56 Å². The molecule has 0 amide bonds. The van der Waals surface area contributed by atoms with Crippen LogP contribution in [0.5, 0.6) is 0 Å². The Balaban J connectivity index is 3.20. The molecule has 0 aliphatic carbocycles. The third-order valence-electron chi connectivity index (χ3n) is 1.95. The number of ketones is 1. The normalized spacial score (nSPS) is 10.4. The van der Waals surface area contributed by atoms with E-state index in [-0.39, 0.29) is 22.8 Å². The molecule has 80 valence electrons. The highest BCUT2D eigenvalue weighted by atomic mass is 19.1. The van der Waals surface area contributed by atoms with Gasteiger partial charge in [-0.2, -0.15) is 0 Å². The van der Waals surface area contributed by atoms with Gasteiger partial charge < -0.3 is 5.11 Å². The van der Waals surface area contributed by atoms with E-state index in [1.165, 1.54) is 6.07 Å². The Morgan fingerprint density at radius 3 is 2.20 bits per heavy atom. The summed E-state index contributed by atoms with van der Waals surface area (Å²) in [6.07, 6.45) is 0. The van der Waals surface area contributed by atoms with E-state index in [0.717, 1.165) is 12.1 Å². The molecule has 1 aromatic carbocycles. The van der Waals surface area contributed by atoms with Crippen molar-refractivity contribution in [2.75, 3.05) is 0 Å². The molecule has 0 aliphatic heterocycles. The van der Waals surface area contributed by atoms with E-state index in [4.69, 9.17) is 5.11 Å². The van der Waals surface area contributed by atoms with Crippen molar-refractivity contribution in [1.82, 2.24) is 0 Å². The maximum Gasteiger partial charge on any atom is 0.335 e. The summed E-state index contributed by atoms with van der Waals surface area (Å²) in [6, 6.07) is 3.13. The van der Waals surface area contributed by atoms with Crippen LogP contribution in [0.2, 0.25) is 0 Å². The largest absolute Gasteiger partial charge is 0.478 e. The molecule has 0 heterocycles. The van der Waals surface area contributed by atoms with Crippen LogP contribution in [-0.2, 0) is 0 Å². The number of Topliss-reactive ketones (excluding diaryl/α,β-unsaturated/α-hetero) is 1. The molecule has 0 aliphatic rings. The van der Waals surface area contributed by atoms with Crippen molar-refractivity contribution in [1.29, 1.82) is 0 Å². The summed E-state index contributed by atoms with van der Waals surface area (Å²) in [5.74, 6) is -2.50. The summed E-state index contributed by atoms with van der Waals surface area (Å²) in [6.45, 7) is 3.35. The van der Waals surface area contributed by atoms with Gasteiger partial charge in [0.1, 0.15) is 5.82 Å². The van der Waals surface area contributed by atoms with Crippen molar-refractivity contribution in [3.63, 3.8) is 0 Å². The predicted molar refractivity (Wildman–Crippen MR) is 52.5 cm³/mol. The summed E-state index contributed by atoms with van der Waals surface area (Å²) in [4.78, 5) is 22.1. The zero-order valence-corrected chi connectivity index (χ0v) is 8.45. The molecule has 1 aromatic rings. The fourth-order valence-electron chi connectivity index (χ4n) is 1.19. The quantitative estimate of drug-likeness (QED) is 0.779. The standard InChI is InChI=1S/C11H11FO3/c1-6(2)10(13)7-3-8(11(14)15)5-9(12)4-7/h3-6H,1-2H3,(H,14,15). The number of carboxylic acids is 1. The van der Waals surface area contributed by atoms with Crippen molar-refractivity contribution in [3.05, 3.63) is 35.1 Å². The van der Waals surface area contributed by atoms with E-state index >= 15 is 0 Å². The molecule has 1 N–H and O–H groups in total. The lowest BCUT2D eigenvalue weighted by molar-refractivity contribution is 0.0696. The molecule has 0 aromatic heterocycles. The van der Waals surface area contributed by atoms with Crippen LogP contribution >= 0.6 is 0 Å². The third kappa shape index (κ3) is 2.62. The minimum absolute atomic E-state index is 0.0994. The molecule has 15 heavy (non-hydrogen) atoms. The second kappa shape index (κ2) is 4.21. The molecule has 0 bridgehead atoms. The Kier molecular flexibility index (Phi) is 3.19. The molecular weight excluding hydrogens is 199 g/mol. The molecule has 3 nitrogen and oxygen atoms in total. The zero-order valence-electron chi connectivity index (χ0n) is 8.45. The van der Waals surface area contributed by atoms with Gasteiger partial charge in [0.25, 0.3) is 0 Å². The molecule has 1 rings (SSSR count). The van der Waals surface area contributed by atoms with Crippen molar-refractivity contribution >= 4 is 11.8 Å². The molecule has 0 saturated carbocycles. The van der Waals surface area contributed by atoms with Gasteiger partial charge in [-0.15, -0.1) is 0 Å². The maximum atomic E-state index is 13.0. The molecule has 0 spiro atoms. The number of rotatable bonds is 3. The number of aromatic carboxylic acids is 1. The van der Waals surface area contributed by atoms with Crippen LogP contribution in [0.15, 0.2) is 18.2 Å². The Morgan fingerprint density at radius 2 is 1.73 bits per heavy atom. The summed E-state index contributed by atoms with van der Waals surface area (Å²) in [5, 5.41) is 8.68. The van der Waals surface area contributed by atoms with Gasteiger partial charge in [0.15, 0.2) is 5.78 Å². The second-order valence-corrected chi connectivity index (χ2v) is 3.55. The van der Waals surface area contributed by atoms with Gasteiger partial charge in [-0.1, -0.05) is 13.8 Å². The molecule has 0 radical (unpaired) electrons. The lowest BCUT2D eigenvalue weighted by Crippen LogP contribution is -2.09. The first-order valence-electron chi connectivity index (χ1n) is 4.50. The van der Waals surface area contributed by atoms with Crippen LogP contribution in [0.3, 0.4) is 0 Å². The van der Waals surface area contributed by atoms with Crippen molar-refractivity contribution < 1.29 is 19.1 Å². The number of benzene rings is 1. The Labute approximate surface area is 86.5 Å². The Bertz CT molecular complexity index is 410. The van der Waals surface area contributed by atoms with Crippen LogP contribution in [0.4, 0.5) is 4.39 Å². The molecule has 0 fully saturated rings. The van der Waals surface area contributed by atoms with Crippen molar-refractivity contribution in [2.45, 2.75) is 13.8 Å². The van der Waals surface area contributed by atoms with E-state index in [1.807, 2.05) is 0 Å². The average Bonchev–Trinajstić information content (AvgIpc) is 2.15. The number of carboxylic acid groups (broad SMARTS) is 1. The van der Waals surface area contributed by atoms with Gasteiger partial charge in [0.2, 0.25) is 0 Å². The first kappa shape index (κ1) is 11.4. The van der Waals surface area contributed by atoms with E-state index in [1.54, 1.807) is 13.8 Å². The molecule has 0 saturated heterocycles. The smallest absolute Gasteiger partial charge is 0.335 e. The summed E-state index contributed by atoms with van der Waals surface area (Å²) in [7, 11) is 0. The van der Waals surface area contributed by atoms with E-state index in [0.29, 0.717) is 0 Å². The third-order valence-corrected chi connectivity index (χ3v) is 1.95. The zero-order chi connectivity index (χ0) is 11.6. The number of carbonyl (C=O) groups is 2. The summed E-state index contributed by atoms with van der Waals surface area (Å²) in [5.41, 5.74) is -0.110. The summed E-state index contributed by atoms with van der Waals surface area (Å²) < 4.78 is 13.0. The fourth-order valence-corrected chi connectivity index (χ4v) is 1.19. The maximum absolute atomic E-state index is 13.0. The number of hydrogen-bond acceptors (Lipinski definition) is 2. The molecule has 4 heteroatoms. The highest BCUT2D eigenvalue weighted by Crippen LogP contribution is 2.13. The van der Waals surface area contributed by atoms with Gasteiger partial charge in [-0.3, -0.25) is 4.79 Å². The van der Waals surface area contributed by atoms with E-state index < -0.39 is 11.8 Å².